The molecule has 0 aliphatic carbocycles. The van der Waals surface area contributed by atoms with Gasteiger partial charge in [0.15, 0.2) is 0 Å². The first-order valence-corrected chi connectivity index (χ1v) is 4.64. The first-order valence-electron chi connectivity index (χ1n) is 4.64. The number of amides is 2. The van der Waals surface area contributed by atoms with Gasteiger partial charge in [-0.15, -0.1) is 0 Å². The summed E-state index contributed by atoms with van der Waals surface area (Å²) in [6.45, 7) is 1.52. The van der Waals surface area contributed by atoms with Crippen LogP contribution >= 0.6 is 0 Å². The Balaban J connectivity index is 3.02. The maximum atomic E-state index is 11.6. The highest BCUT2D eigenvalue weighted by Crippen LogP contribution is 2.31. The van der Waals surface area contributed by atoms with Crippen molar-refractivity contribution in [1.29, 1.82) is 10.5 Å². The third kappa shape index (κ3) is 1.18. The third-order valence-corrected chi connectivity index (χ3v) is 2.69. The van der Waals surface area contributed by atoms with Crippen LogP contribution in [-0.4, -0.2) is 11.8 Å². The van der Waals surface area contributed by atoms with Gasteiger partial charge < -0.3 is 5.73 Å². The van der Waals surface area contributed by atoms with E-state index in [4.69, 9.17) is 16.3 Å². The van der Waals surface area contributed by atoms with Crippen LogP contribution in [0.25, 0.3) is 0 Å². The van der Waals surface area contributed by atoms with E-state index >= 15 is 0 Å². The van der Waals surface area contributed by atoms with Crippen LogP contribution in [0.5, 0.6) is 0 Å². The van der Waals surface area contributed by atoms with Gasteiger partial charge in [0.2, 0.25) is 0 Å². The Morgan fingerprint density at radius 1 is 1.06 bits per heavy atom. The standard InChI is InChI=1S/C11H6N4O2/c1-4-5(2-12)9(14)6(3-13)8-7(4)10(16)15-11(8)17/h14H2,1H3,(H,15,16,17). The lowest BCUT2D eigenvalue weighted by Gasteiger charge is -2.08. The number of nitrogen functional groups attached to an aromatic ring is 1. The van der Waals surface area contributed by atoms with E-state index in [1.165, 1.54) is 6.92 Å². The molecule has 2 amide bonds. The highest BCUT2D eigenvalue weighted by atomic mass is 16.2. The number of nitriles is 2. The van der Waals surface area contributed by atoms with Crippen molar-refractivity contribution >= 4 is 17.5 Å². The summed E-state index contributed by atoms with van der Waals surface area (Å²) in [6.07, 6.45) is 0. The van der Waals surface area contributed by atoms with Gasteiger partial charge in [-0.25, -0.2) is 0 Å². The molecular weight excluding hydrogens is 220 g/mol. The summed E-state index contributed by atoms with van der Waals surface area (Å²) in [5, 5.41) is 20.0. The molecule has 0 spiro atoms. The van der Waals surface area contributed by atoms with Gasteiger partial charge in [-0.05, 0) is 12.5 Å². The lowest BCUT2D eigenvalue weighted by molar-refractivity contribution is 0.0879. The zero-order valence-electron chi connectivity index (χ0n) is 8.79. The molecular formula is C11H6N4O2. The number of imide groups is 1. The van der Waals surface area contributed by atoms with Crippen LogP contribution in [0.4, 0.5) is 5.69 Å². The molecule has 1 heterocycles. The summed E-state index contributed by atoms with van der Waals surface area (Å²) < 4.78 is 0. The van der Waals surface area contributed by atoms with Crippen molar-refractivity contribution < 1.29 is 9.59 Å². The molecule has 82 valence electrons. The van der Waals surface area contributed by atoms with Crippen LogP contribution in [0.2, 0.25) is 0 Å². The third-order valence-electron chi connectivity index (χ3n) is 2.69. The van der Waals surface area contributed by atoms with E-state index < -0.39 is 11.8 Å². The second-order valence-electron chi connectivity index (χ2n) is 3.55. The summed E-state index contributed by atoms with van der Waals surface area (Å²) in [6, 6.07) is 3.60. The van der Waals surface area contributed by atoms with Crippen molar-refractivity contribution in [3.05, 3.63) is 27.8 Å². The predicted molar refractivity (Wildman–Crippen MR) is 56.8 cm³/mol. The normalized spacial score (nSPS) is 12.6. The summed E-state index contributed by atoms with van der Waals surface area (Å²) in [7, 11) is 0. The lowest BCUT2D eigenvalue weighted by atomic mass is 9.92. The number of nitrogens with zero attached hydrogens (tertiary/aromatic N) is 2. The molecule has 1 aromatic rings. The van der Waals surface area contributed by atoms with E-state index in [2.05, 4.69) is 5.32 Å². The van der Waals surface area contributed by atoms with E-state index in [1.54, 1.807) is 6.07 Å². The molecule has 0 atom stereocenters. The fourth-order valence-corrected chi connectivity index (χ4v) is 1.90. The van der Waals surface area contributed by atoms with Crippen LogP contribution in [0.1, 0.15) is 37.4 Å². The first kappa shape index (κ1) is 10.7. The summed E-state index contributed by atoms with van der Waals surface area (Å²) in [4.78, 5) is 23.1. The average Bonchev–Trinajstić information content (AvgIpc) is 2.56. The topological polar surface area (TPSA) is 120 Å². The Morgan fingerprint density at radius 2 is 1.59 bits per heavy atom. The molecule has 0 aromatic heterocycles. The fraction of sp³-hybridized carbons (Fsp3) is 0.0909. The van der Waals surface area contributed by atoms with Gasteiger partial charge in [0, 0.05) is 0 Å². The molecule has 3 N–H and O–H groups in total. The summed E-state index contributed by atoms with van der Waals surface area (Å²) >= 11 is 0. The zero-order valence-corrected chi connectivity index (χ0v) is 8.79. The number of hydrogen-bond donors (Lipinski definition) is 2. The van der Waals surface area contributed by atoms with Crippen LogP contribution in [0, 0.1) is 29.6 Å². The van der Waals surface area contributed by atoms with Crippen molar-refractivity contribution in [1.82, 2.24) is 5.32 Å². The van der Waals surface area contributed by atoms with Gasteiger partial charge in [-0.3, -0.25) is 14.9 Å². The molecule has 6 nitrogen and oxygen atoms in total. The number of rotatable bonds is 0. The number of nitrogens with two attached hydrogens (primary N) is 1. The van der Waals surface area contributed by atoms with Crippen LogP contribution in [0.15, 0.2) is 0 Å². The second kappa shape index (κ2) is 3.32. The van der Waals surface area contributed by atoms with Crippen LogP contribution in [0.3, 0.4) is 0 Å². The highest BCUT2D eigenvalue weighted by Gasteiger charge is 2.34. The van der Waals surface area contributed by atoms with E-state index in [0.29, 0.717) is 5.56 Å². The predicted octanol–water partition coefficient (Wildman–Crippen LogP) is 0.204. The maximum absolute atomic E-state index is 11.6. The number of carbonyl (C=O) groups excluding carboxylic acids is 2. The number of nitrogens with one attached hydrogen (secondary N) is 1. The molecule has 0 bridgehead atoms. The quantitative estimate of drug-likeness (QED) is 0.483. The molecule has 0 radical (unpaired) electrons. The number of fused-ring (bicyclic) bond motifs is 1. The van der Waals surface area contributed by atoms with Gasteiger partial charge >= 0.3 is 0 Å². The second-order valence-corrected chi connectivity index (χ2v) is 3.55. The summed E-state index contributed by atoms with van der Waals surface area (Å²) in [5.41, 5.74) is 5.88. The molecule has 0 saturated carbocycles. The minimum Gasteiger partial charge on any atom is -0.397 e. The molecule has 2 rings (SSSR count). The van der Waals surface area contributed by atoms with Gasteiger partial charge in [0.1, 0.15) is 12.1 Å². The fourth-order valence-electron chi connectivity index (χ4n) is 1.90. The molecule has 17 heavy (non-hydrogen) atoms. The van der Waals surface area contributed by atoms with Crippen molar-refractivity contribution in [2.75, 3.05) is 5.73 Å². The molecule has 1 aromatic carbocycles. The van der Waals surface area contributed by atoms with E-state index in [0.717, 1.165) is 0 Å². The summed E-state index contributed by atoms with van der Waals surface area (Å²) in [5.74, 6) is -1.25. The maximum Gasteiger partial charge on any atom is 0.260 e. The van der Waals surface area contributed by atoms with E-state index in [1.807, 2.05) is 6.07 Å². The lowest BCUT2D eigenvalue weighted by Crippen LogP contribution is -2.20. The molecule has 0 unspecified atom stereocenters. The Kier molecular flexibility index (Phi) is 2.08. The Morgan fingerprint density at radius 3 is 2.12 bits per heavy atom. The van der Waals surface area contributed by atoms with Crippen LogP contribution < -0.4 is 11.1 Å². The monoisotopic (exact) mass is 226 g/mol. The van der Waals surface area contributed by atoms with Crippen molar-refractivity contribution in [3.8, 4) is 12.1 Å². The minimum absolute atomic E-state index is 0.0356. The van der Waals surface area contributed by atoms with Gasteiger partial charge in [-0.1, -0.05) is 0 Å². The molecule has 6 heteroatoms. The highest BCUT2D eigenvalue weighted by molar-refractivity contribution is 6.24. The smallest absolute Gasteiger partial charge is 0.260 e. The number of carbonyl (C=O) groups is 2. The Labute approximate surface area is 96.2 Å². The molecule has 0 saturated heterocycles. The number of benzene rings is 1. The SMILES string of the molecule is Cc1c(C#N)c(N)c(C#N)c2c1C(=O)NC2=O. The van der Waals surface area contributed by atoms with Crippen LogP contribution in [-0.2, 0) is 0 Å². The number of anilines is 1. The van der Waals surface area contributed by atoms with Gasteiger partial charge in [0.25, 0.3) is 11.8 Å². The van der Waals surface area contributed by atoms with E-state index in [9.17, 15) is 9.59 Å². The number of hydrogen-bond acceptors (Lipinski definition) is 5. The largest absolute Gasteiger partial charge is 0.397 e. The van der Waals surface area contributed by atoms with Crippen molar-refractivity contribution in [3.63, 3.8) is 0 Å². The van der Waals surface area contributed by atoms with Crippen molar-refractivity contribution in [2.45, 2.75) is 6.92 Å². The Bertz CT molecular complexity index is 662. The molecule has 1 aliphatic rings. The minimum atomic E-state index is -0.652. The molecule has 0 fully saturated rings. The average molecular weight is 226 g/mol. The van der Waals surface area contributed by atoms with Gasteiger partial charge in [0.05, 0.1) is 27.9 Å². The zero-order chi connectivity index (χ0) is 12.7. The molecule has 1 aliphatic heterocycles. The first-order chi connectivity index (χ1) is 8.02. The Hall–Kier alpha value is -2.86. The van der Waals surface area contributed by atoms with E-state index in [-0.39, 0.29) is 27.9 Å². The van der Waals surface area contributed by atoms with Crippen molar-refractivity contribution in [2.24, 2.45) is 0 Å². The van der Waals surface area contributed by atoms with Gasteiger partial charge in [-0.2, -0.15) is 10.5 Å².